The molecule has 1 aliphatic rings. The molecular weight excluding hydrogens is 520 g/mol. The lowest BCUT2D eigenvalue weighted by Crippen LogP contribution is -2.48. The Morgan fingerprint density at radius 3 is 2.49 bits per heavy atom. The fourth-order valence-corrected chi connectivity index (χ4v) is 5.52. The average Bonchev–Trinajstić information content (AvgIpc) is 3.36. The van der Waals surface area contributed by atoms with Gasteiger partial charge in [-0.05, 0) is 80.5 Å². The van der Waals surface area contributed by atoms with Gasteiger partial charge in [-0.15, -0.1) is 0 Å². The highest BCUT2D eigenvalue weighted by Crippen LogP contribution is 2.29. The Balaban J connectivity index is 1.34. The molecule has 10 heteroatoms. The number of nitrogens with two attached hydrogens (primary N) is 1. The van der Waals surface area contributed by atoms with E-state index in [1.807, 2.05) is 43.3 Å². The standard InChI is InChI=1S/C31H36N6O4/c1-18-24(13-14-28(33-18)41-2)21-7-3-19(4-8-21)15-27(35-29(38)22-9-5-20(17-32)6-10-22)31(40)34-23-11-12-25-26(16-23)36-37-30(25)39/h3-4,7-8,11-14,16,20,22,27H,5-6,9-10,15,17,32H2,1-2H3,(H,34,40)(H,35,38)(H2,36,37,39). The summed E-state index contributed by atoms with van der Waals surface area (Å²) in [5.74, 6) is 0.442. The van der Waals surface area contributed by atoms with E-state index in [2.05, 4.69) is 25.8 Å². The van der Waals surface area contributed by atoms with Crippen molar-refractivity contribution in [2.45, 2.75) is 45.1 Å². The first-order chi connectivity index (χ1) is 19.8. The van der Waals surface area contributed by atoms with Crippen LogP contribution in [-0.4, -0.2) is 46.7 Å². The third kappa shape index (κ3) is 6.49. The molecule has 2 aromatic heterocycles. The van der Waals surface area contributed by atoms with Crippen molar-refractivity contribution in [3.05, 3.63) is 76.2 Å². The van der Waals surface area contributed by atoms with E-state index < -0.39 is 6.04 Å². The number of amides is 2. The monoisotopic (exact) mass is 556 g/mol. The molecule has 0 saturated heterocycles. The molecule has 2 heterocycles. The SMILES string of the molecule is COc1ccc(-c2ccc(CC(NC(=O)C3CCC(CN)CC3)C(=O)Nc3ccc4c(=O)[nH][nH]c4c3)cc2)c(C)n1. The van der Waals surface area contributed by atoms with Crippen LogP contribution in [-0.2, 0) is 16.0 Å². The molecule has 0 aliphatic heterocycles. The van der Waals surface area contributed by atoms with Crippen LogP contribution in [0.15, 0.2) is 59.4 Å². The van der Waals surface area contributed by atoms with Gasteiger partial charge in [0.25, 0.3) is 5.56 Å². The number of benzene rings is 2. The van der Waals surface area contributed by atoms with Gasteiger partial charge >= 0.3 is 0 Å². The number of hydrogen-bond acceptors (Lipinski definition) is 6. The highest BCUT2D eigenvalue weighted by atomic mass is 16.5. The summed E-state index contributed by atoms with van der Waals surface area (Å²) in [7, 11) is 1.59. The molecular formula is C31H36N6O4. The van der Waals surface area contributed by atoms with E-state index in [0.29, 0.717) is 41.4 Å². The summed E-state index contributed by atoms with van der Waals surface area (Å²) in [6.45, 7) is 2.57. The fraction of sp³-hybridized carbons (Fsp3) is 0.355. The molecule has 5 rings (SSSR count). The quantitative estimate of drug-likeness (QED) is 0.212. The predicted octanol–water partition coefficient (Wildman–Crippen LogP) is 3.67. The van der Waals surface area contributed by atoms with Crippen LogP contribution in [0.4, 0.5) is 5.69 Å². The molecule has 0 radical (unpaired) electrons. The first kappa shape index (κ1) is 28.1. The number of aromatic nitrogens is 3. The summed E-state index contributed by atoms with van der Waals surface area (Å²) >= 11 is 0. The van der Waals surface area contributed by atoms with Crippen LogP contribution in [0.2, 0.25) is 0 Å². The van der Waals surface area contributed by atoms with Gasteiger partial charge in [0.05, 0.1) is 18.0 Å². The highest BCUT2D eigenvalue weighted by Gasteiger charge is 2.29. The number of ether oxygens (including phenoxy) is 1. The maximum absolute atomic E-state index is 13.5. The van der Waals surface area contributed by atoms with Crippen LogP contribution in [0.1, 0.15) is 36.9 Å². The van der Waals surface area contributed by atoms with Gasteiger partial charge in [0, 0.05) is 35.3 Å². The van der Waals surface area contributed by atoms with Gasteiger partial charge in [0.15, 0.2) is 0 Å². The lowest BCUT2D eigenvalue weighted by Gasteiger charge is -2.28. The van der Waals surface area contributed by atoms with Crippen molar-refractivity contribution in [2.75, 3.05) is 19.0 Å². The van der Waals surface area contributed by atoms with Crippen LogP contribution in [0, 0.1) is 18.8 Å². The molecule has 1 atom stereocenters. The first-order valence-electron chi connectivity index (χ1n) is 14.0. The zero-order valence-electron chi connectivity index (χ0n) is 23.3. The summed E-state index contributed by atoms with van der Waals surface area (Å²) < 4.78 is 5.22. The molecule has 1 fully saturated rings. The van der Waals surface area contributed by atoms with Gasteiger partial charge in [0.1, 0.15) is 6.04 Å². The average molecular weight is 557 g/mol. The number of aryl methyl sites for hydroxylation is 1. The molecule has 1 saturated carbocycles. The minimum atomic E-state index is -0.786. The second-order valence-corrected chi connectivity index (χ2v) is 10.7. The minimum Gasteiger partial charge on any atom is -0.481 e. The number of H-pyrrole nitrogens is 2. The van der Waals surface area contributed by atoms with Crippen molar-refractivity contribution in [2.24, 2.45) is 17.6 Å². The van der Waals surface area contributed by atoms with E-state index in [1.165, 1.54) is 0 Å². The second kappa shape index (κ2) is 12.4. The number of carbonyl (C=O) groups excluding carboxylic acids is 2. The minimum absolute atomic E-state index is 0.109. The molecule has 6 N–H and O–H groups in total. The number of methoxy groups -OCH3 is 1. The van der Waals surface area contributed by atoms with Crippen molar-refractivity contribution < 1.29 is 14.3 Å². The second-order valence-electron chi connectivity index (χ2n) is 10.7. The van der Waals surface area contributed by atoms with E-state index in [1.54, 1.807) is 25.3 Å². The summed E-state index contributed by atoms with van der Waals surface area (Å²) in [6, 6.07) is 16.0. The Morgan fingerprint density at radius 2 is 1.80 bits per heavy atom. The number of anilines is 1. The van der Waals surface area contributed by atoms with E-state index in [4.69, 9.17) is 10.5 Å². The maximum Gasteiger partial charge on any atom is 0.271 e. The number of nitrogens with one attached hydrogen (secondary N) is 4. The molecule has 1 aliphatic carbocycles. The number of rotatable bonds is 9. The van der Waals surface area contributed by atoms with Crippen molar-refractivity contribution in [1.82, 2.24) is 20.5 Å². The van der Waals surface area contributed by atoms with Gasteiger partial charge in [-0.1, -0.05) is 24.3 Å². The van der Waals surface area contributed by atoms with E-state index in [0.717, 1.165) is 48.1 Å². The van der Waals surface area contributed by atoms with Gasteiger partial charge in [-0.3, -0.25) is 24.6 Å². The topological polar surface area (TPSA) is 155 Å². The summed E-state index contributed by atoms with van der Waals surface area (Å²) in [4.78, 5) is 43.1. The fourth-order valence-electron chi connectivity index (χ4n) is 5.52. The summed E-state index contributed by atoms with van der Waals surface area (Å²) in [5.41, 5.74) is 10.5. The highest BCUT2D eigenvalue weighted by molar-refractivity contribution is 5.99. The molecule has 0 bridgehead atoms. The van der Waals surface area contributed by atoms with Crippen molar-refractivity contribution in [1.29, 1.82) is 0 Å². The van der Waals surface area contributed by atoms with Crippen LogP contribution >= 0.6 is 0 Å². The van der Waals surface area contributed by atoms with E-state index in [9.17, 15) is 14.4 Å². The molecule has 41 heavy (non-hydrogen) atoms. The third-order valence-corrected chi connectivity index (χ3v) is 8.00. The predicted molar refractivity (Wildman–Crippen MR) is 159 cm³/mol. The largest absolute Gasteiger partial charge is 0.481 e. The van der Waals surface area contributed by atoms with Gasteiger partial charge in [0.2, 0.25) is 17.7 Å². The Bertz CT molecular complexity index is 1580. The normalized spacial score (nSPS) is 17.6. The number of pyridine rings is 1. The van der Waals surface area contributed by atoms with Crippen LogP contribution in [0.25, 0.3) is 22.0 Å². The molecule has 2 amide bonds. The Kier molecular flexibility index (Phi) is 8.49. The lowest BCUT2D eigenvalue weighted by molar-refractivity contribution is -0.130. The first-order valence-corrected chi connectivity index (χ1v) is 14.0. The third-order valence-electron chi connectivity index (χ3n) is 8.00. The smallest absolute Gasteiger partial charge is 0.271 e. The number of carbonyl (C=O) groups is 2. The maximum atomic E-state index is 13.5. The molecule has 10 nitrogen and oxygen atoms in total. The lowest BCUT2D eigenvalue weighted by atomic mass is 9.81. The Hall–Kier alpha value is -4.44. The van der Waals surface area contributed by atoms with E-state index >= 15 is 0 Å². The van der Waals surface area contributed by atoms with Crippen molar-refractivity contribution in [3.63, 3.8) is 0 Å². The van der Waals surface area contributed by atoms with Crippen molar-refractivity contribution >= 4 is 28.4 Å². The zero-order chi connectivity index (χ0) is 28.9. The molecule has 214 valence electrons. The van der Waals surface area contributed by atoms with E-state index in [-0.39, 0.29) is 23.3 Å². The van der Waals surface area contributed by atoms with Crippen LogP contribution in [0.3, 0.4) is 0 Å². The zero-order valence-corrected chi connectivity index (χ0v) is 23.3. The van der Waals surface area contributed by atoms with Gasteiger partial charge < -0.3 is 21.1 Å². The number of aromatic amines is 2. The van der Waals surface area contributed by atoms with Crippen LogP contribution in [0.5, 0.6) is 5.88 Å². The summed E-state index contributed by atoms with van der Waals surface area (Å²) in [5, 5.41) is 11.8. The van der Waals surface area contributed by atoms with Gasteiger partial charge in [-0.2, -0.15) is 0 Å². The summed E-state index contributed by atoms with van der Waals surface area (Å²) in [6.07, 6.45) is 3.69. The Labute approximate surface area is 238 Å². The van der Waals surface area contributed by atoms with Crippen molar-refractivity contribution in [3.8, 4) is 17.0 Å². The number of hydrogen-bond donors (Lipinski definition) is 5. The number of fused-ring (bicyclic) bond motifs is 1. The van der Waals surface area contributed by atoms with Gasteiger partial charge in [-0.25, -0.2) is 4.98 Å². The van der Waals surface area contributed by atoms with Crippen LogP contribution < -0.4 is 26.7 Å². The number of nitrogens with zero attached hydrogens (tertiary/aromatic N) is 1. The molecule has 1 unspecified atom stereocenters. The Morgan fingerprint density at radius 1 is 1.05 bits per heavy atom. The molecule has 4 aromatic rings. The molecule has 2 aromatic carbocycles. The molecule has 0 spiro atoms.